The van der Waals surface area contributed by atoms with Gasteiger partial charge in [-0.3, -0.25) is 0 Å². The summed E-state index contributed by atoms with van der Waals surface area (Å²) < 4.78 is 38.3. The number of hydrogen-bond acceptors (Lipinski definition) is 13. The predicted molar refractivity (Wildman–Crippen MR) is 319 cm³/mol. The highest BCUT2D eigenvalue weighted by molar-refractivity contribution is 7.89. The number of primary sulfonamides is 1. The van der Waals surface area contributed by atoms with Gasteiger partial charge in [0.1, 0.15) is 39.7 Å². The minimum Gasteiger partial charge on any atom is -0.507 e. The minimum absolute atomic E-state index is 0.0756. The second-order valence-electron chi connectivity index (χ2n) is 21.6. The maximum absolute atomic E-state index is 12.2. The molecule has 7 aromatic carbocycles. The molecule has 11 rings (SSSR count). The normalized spacial score (nSPS) is 13.7. The molecule has 0 aliphatic carbocycles. The molecule has 422 valence electrons. The number of likely N-dealkylation sites (tertiary alicyclic amines) is 1. The summed E-state index contributed by atoms with van der Waals surface area (Å²) in [4.78, 5) is 27.0. The van der Waals surface area contributed by atoms with Crippen LogP contribution >= 0.6 is 0 Å². The Morgan fingerprint density at radius 3 is 1.60 bits per heavy atom. The lowest BCUT2D eigenvalue weighted by Crippen LogP contribution is -2.44. The Hall–Kier alpha value is -8.44. The molecule has 1 saturated heterocycles. The smallest absolute Gasteiger partial charge is 0.343 e. The van der Waals surface area contributed by atoms with Gasteiger partial charge in [0, 0.05) is 12.0 Å². The zero-order valence-electron chi connectivity index (χ0n) is 46.2. The molecule has 10 aromatic rings. The van der Waals surface area contributed by atoms with Crippen molar-refractivity contribution in [3.63, 3.8) is 0 Å². The van der Waals surface area contributed by atoms with Crippen LogP contribution in [0.2, 0.25) is 0 Å². The first kappa shape index (κ1) is 58.2. The lowest BCUT2D eigenvalue weighted by atomic mass is 9.72. The van der Waals surface area contributed by atoms with E-state index in [4.69, 9.17) is 18.5 Å². The van der Waals surface area contributed by atoms with E-state index in [0.717, 1.165) is 84.4 Å². The SMILES string of the molecule is CC(C)(C)c1ccc(C(O)CCCN2CCC(C(O)(c3ccccc3)c3ccccc3)CC2)cc1.Cc1onc(-c2ccccc2)c1-c1ccc(S(N)(=O)=O)cc1.O=c1oc2ccccc2c(O)c1Cc1c(O)c2ccccc2oc1=O. The Morgan fingerprint density at radius 2 is 1.11 bits per heavy atom. The Kier molecular flexibility index (Phi) is 17.9. The Labute approximate surface area is 476 Å². The van der Waals surface area contributed by atoms with Gasteiger partial charge in [-0.2, -0.15) is 0 Å². The van der Waals surface area contributed by atoms with Gasteiger partial charge < -0.3 is 38.7 Å². The van der Waals surface area contributed by atoms with Gasteiger partial charge in [-0.1, -0.05) is 178 Å². The van der Waals surface area contributed by atoms with Crippen LogP contribution in [-0.2, 0) is 27.5 Å². The van der Waals surface area contributed by atoms with E-state index in [1.165, 1.54) is 17.7 Å². The van der Waals surface area contributed by atoms with E-state index < -0.39 is 33.0 Å². The van der Waals surface area contributed by atoms with Crippen LogP contribution in [0, 0.1) is 12.8 Å². The van der Waals surface area contributed by atoms with Gasteiger partial charge in [-0.05, 0) is 128 Å². The highest BCUT2D eigenvalue weighted by Gasteiger charge is 2.41. The number of rotatable bonds is 13. The van der Waals surface area contributed by atoms with Gasteiger partial charge in [0.2, 0.25) is 10.0 Å². The first-order chi connectivity index (χ1) is 39.3. The molecule has 1 atom stereocenters. The largest absolute Gasteiger partial charge is 0.507 e. The third kappa shape index (κ3) is 13.2. The van der Waals surface area contributed by atoms with Crippen molar-refractivity contribution < 1.29 is 42.2 Å². The fourth-order valence-electron chi connectivity index (χ4n) is 10.6. The molecular weight excluding hydrogens is 1050 g/mol. The molecule has 82 heavy (non-hydrogen) atoms. The highest BCUT2D eigenvalue weighted by atomic mass is 32.2. The maximum atomic E-state index is 12.2. The molecule has 1 fully saturated rings. The van der Waals surface area contributed by atoms with Crippen molar-refractivity contribution in [2.75, 3.05) is 19.6 Å². The average Bonchev–Trinajstić information content (AvgIpc) is 3.99. The standard InChI is InChI=1S/C32H41NO2.C19H12O6.C16H14N2O3S/c1-31(2,3)26-18-16-25(17-19-26)30(34)15-10-22-33-23-20-29(21-24-33)32(35,27-11-6-4-7-12-27)28-13-8-5-9-14-28;20-16-10-5-1-3-7-14(10)24-18(22)12(16)9-13-17(21)11-6-2-4-8-15(11)25-19(13)23;1-11-15(12-7-9-14(10-8-12)22(17,19)20)16(18-21-11)13-5-3-2-4-6-13/h4-9,11-14,16-19,29-30,34-35H,10,15,20-24H2,1-3H3;1-8,20-21H,9H2;2-10H,1H3,(H2,17,19,20). The summed E-state index contributed by atoms with van der Waals surface area (Å²) in [5, 5.41) is 53.5. The topological polar surface area (TPSA) is 231 Å². The molecule has 4 heterocycles. The monoisotopic (exact) mass is 1120 g/mol. The van der Waals surface area contributed by atoms with Crippen molar-refractivity contribution in [2.24, 2.45) is 11.1 Å². The van der Waals surface area contributed by atoms with Crippen LogP contribution in [0.4, 0.5) is 0 Å². The highest BCUT2D eigenvalue weighted by Crippen LogP contribution is 2.42. The summed E-state index contributed by atoms with van der Waals surface area (Å²) in [6.45, 7) is 11.4. The lowest BCUT2D eigenvalue weighted by molar-refractivity contribution is -0.0146. The van der Waals surface area contributed by atoms with Crippen LogP contribution in [0.5, 0.6) is 11.5 Å². The summed E-state index contributed by atoms with van der Waals surface area (Å²) in [5.41, 5.74) is 5.44. The summed E-state index contributed by atoms with van der Waals surface area (Å²) >= 11 is 0. The second-order valence-corrected chi connectivity index (χ2v) is 23.2. The van der Waals surface area contributed by atoms with Gasteiger partial charge in [0.25, 0.3) is 0 Å². The molecule has 6 N–H and O–H groups in total. The molecule has 0 spiro atoms. The first-order valence-electron chi connectivity index (χ1n) is 27.3. The molecule has 0 saturated carbocycles. The summed E-state index contributed by atoms with van der Waals surface area (Å²) in [6, 6.07) is 57.8. The van der Waals surface area contributed by atoms with Gasteiger partial charge in [-0.25, -0.2) is 23.1 Å². The molecule has 0 radical (unpaired) electrons. The van der Waals surface area contributed by atoms with Crippen molar-refractivity contribution in [1.29, 1.82) is 0 Å². The Balaban J connectivity index is 0.000000153. The molecule has 0 amide bonds. The molecule has 0 bridgehead atoms. The van der Waals surface area contributed by atoms with Crippen LogP contribution in [0.25, 0.3) is 44.3 Å². The van der Waals surface area contributed by atoms with E-state index in [9.17, 15) is 38.4 Å². The number of benzene rings is 7. The summed E-state index contributed by atoms with van der Waals surface area (Å²) in [6.07, 6.45) is 2.93. The van der Waals surface area contributed by atoms with E-state index in [2.05, 4.69) is 79.4 Å². The van der Waals surface area contributed by atoms with Crippen LogP contribution in [-0.4, -0.2) is 58.5 Å². The lowest BCUT2D eigenvalue weighted by Gasteiger charge is -2.42. The molecule has 1 aliphatic rings. The number of nitrogens with zero attached hydrogens (tertiary/aromatic N) is 2. The Bertz CT molecular complexity index is 3860. The number of nitrogens with two attached hydrogens (primary N) is 1. The van der Waals surface area contributed by atoms with Crippen LogP contribution in [0.1, 0.15) is 91.7 Å². The molecule has 14 nitrogen and oxygen atoms in total. The fourth-order valence-corrected chi connectivity index (χ4v) is 11.1. The Morgan fingerprint density at radius 1 is 0.634 bits per heavy atom. The van der Waals surface area contributed by atoms with E-state index in [0.29, 0.717) is 16.5 Å². The number of aromatic hydroxyl groups is 2. The van der Waals surface area contributed by atoms with E-state index in [1.54, 1.807) is 60.7 Å². The van der Waals surface area contributed by atoms with Gasteiger partial charge in [-0.15, -0.1) is 0 Å². The van der Waals surface area contributed by atoms with E-state index in [-0.39, 0.29) is 56.4 Å². The number of sulfonamides is 1. The van der Waals surface area contributed by atoms with Crippen LogP contribution in [0.3, 0.4) is 0 Å². The molecule has 1 unspecified atom stereocenters. The minimum atomic E-state index is -3.70. The number of aliphatic hydroxyl groups is 2. The fraction of sp³-hybridized carbons (Fsp3) is 0.239. The number of para-hydroxylation sites is 2. The number of aromatic nitrogens is 1. The van der Waals surface area contributed by atoms with Gasteiger partial charge in [0.05, 0.1) is 38.5 Å². The number of fused-ring (bicyclic) bond motifs is 2. The molecular formula is C67H67N3O11S. The van der Waals surface area contributed by atoms with Crippen molar-refractivity contribution in [3.05, 3.63) is 248 Å². The third-order valence-corrected chi connectivity index (χ3v) is 16.1. The molecule has 15 heteroatoms. The molecule has 1 aliphatic heterocycles. The number of aliphatic hydroxyl groups excluding tert-OH is 1. The third-order valence-electron chi connectivity index (χ3n) is 15.2. The summed E-state index contributed by atoms with van der Waals surface area (Å²) in [5.74, 6) is 0.287. The zero-order chi connectivity index (χ0) is 58.2. The number of hydrogen-bond donors (Lipinski definition) is 5. The first-order valence-corrected chi connectivity index (χ1v) is 28.8. The number of piperidine rings is 1. The average molecular weight is 1120 g/mol. The van der Waals surface area contributed by atoms with Crippen molar-refractivity contribution in [1.82, 2.24) is 10.1 Å². The van der Waals surface area contributed by atoms with Gasteiger partial charge in [0.15, 0.2) is 0 Å². The van der Waals surface area contributed by atoms with Gasteiger partial charge >= 0.3 is 11.3 Å². The quantitative estimate of drug-likeness (QED) is 0.0677. The predicted octanol–water partition coefficient (Wildman–Crippen LogP) is 12.3. The summed E-state index contributed by atoms with van der Waals surface area (Å²) in [7, 11) is -3.70. The van der Waals surface area contributed by atoms with Crippen molar-refractivity contribution >= 4 is 32.0 Å². The zero-order valence-corrected chi connectivity index (χ0v) is 47.1. The van der Waals surface area contributed by atoms with Crippen LogP contribution in [0.15, 0.2) is 216 Å². The van der Waals surface area contributed by atoms with Crippen molar-refractivity contribution in [3.8, 4) is 33.9 Å². The number of aryl methyl sites for hydroxylation is 1. The maximum Gasteiger partial charge on any atom is 0.343 e. The van der Waals surface area contributed by atoms with E-state index in [1.807, 2.05) is 73.7 Å². The van der Waals surface area contributed by atoms with Crippen LogP contribution < -0.4 is 16.4 Å². The van der Waals surface area contributed by atoms with E-state index >= 15 is 0 Å². The second kappa shape index (κ2) is 25.1. The molecule has 3 aromatic heterocycles. The van der Waals surface area contributed by atoms with Crippen molar-refractivity contribution in [2.45, 2.75) is 81.8 Å².